The van der Waals surface area contributed by atoms with E-state index >= 15 is 0 Å². The second-order valence-corrected chi connectivity index (χ2v) is 10.0. The highest BCUT2D eigenvalue weighted by Crippen LogP contribution is 2.38. The van der Waals surface area contributed by atoms with E-state index in [0.717, 1.165) is 19.2 Å². The van der Waals surface area contributed by atoms with Gasteiger partial charge in [0.05, 0.1) is 41.6 Å². The monoisotopic (exact) mass is 599 g/mol. The van der Waals surface area contributed by atoms with E-state index in [9.17, 15) is 31.2 Å². The van der Waals surface area contributed by atoms with Crippen LogP contribution in [0.4, 0.5) is 23.7 Å². The van der Waals surface area contributed by atoms with Crippen molar-refractivity contribution in [2.24, 2.45) is 5.10 Å². The lowest BCUT2D eigenvalue weighted by Gasteiger charge is -2.24. The van der Waals surface area contributed by atoms with E-state index in [-0.39, 0.29) is 16.4 Å². The van der Waals surface area contributed by atoms with Crippen LogP contribution in [-0.2, 0) is 25.7 Å². The van der Waals surface area contributed by atoms with Gasteiger partial charge in [0, 0.05) is 0 Å². The number of hydrogen-bond acceptors (Lipinski definition) is 8. The standard InChI is InChI=1S/C25H21ClF3N3O7S/c1-37-22-12-16(8-11-21(22)39-24(34)38-2)14-30-31-23(33)15-32(40(35,36)18-6-4-3-5-7-18)17-9-10-20(26)19(13-17)25(27,28)29/h3-14H,15H2,1-2H3,(H,31,33)/b30-14-. The summed E-state index contributed by atoms with van der Waals surface area (Å²) >= 11 is 5.69. The average Bonchev–Trinajstić information content (AvgIpc) is 2.92. The van der Waals surface area contributed by atoms with Crippen molar-refractivity contribution in [3.63, 3.8) is 0 Å². The van der Waals surface area contributed by atoms with Gasteiger partial charge in [0.15, 0.2) is 11.5 Å². The fourth-order valence-corrected chi connectivity index (χ4v) is 4.90. The summed E-state index contributed by atoms with van der Waals surface area (Å²) in [5.41, 5.74) is 0.809. The molecule has 1 N–H and O–H groups in total. The van der Waals surface area contributed by atoms with Crippen LogP contribution in [0.15, 0.2) is 76.7 Å². The Kier molecular flexibility index (Phi) is 9.60. The number of amides is 1. The number of anilines is 1. The molecule has 0 spiro atoms. The second-order valence-electron chi connectivity index (χ2n) is 7.75. The van der Waals surface area contributed by atoms with E-state index in [4.69, 9.17) is 21.1 Å². The summed E-state index contributed by atoms with van der Waals surface area (Å²) in [4.78, 5) is 23.8. The Morgan fingerprint density at radius 2 is 1.73 bits per heavy atom. The Bertz CT molecular complexity index is 1520. The molecule has 3 aromatic carbocycles. The van der Waals surface area contributed by atoms with E-state index in [0.29, 0.717) is 15.9 Å². The zero-order valence-electron chi connectivity index (χ0n) is 20.8. The van der Waals surface area contributed by atoms with E-state index in [1.165, 1.54) is 55.8 Å². The molecule has 15 heteroatoms. The smallest absolute Gasteiger partial charge is 0.493 e. The number of carbonyl (C=O) groups excluding carboxylic acids is 2. The van der Waals surface area contributed by atoms with Crippen molar-refractivity contribution < 1.29 is 45.4 Å². The highest BCUT2D eigenvalue weighted by molar-refractivity contribution is 7.92. The third-order valence-electron chi connectivity index (χ3n) is 5.11. The number of hydrazone groups is 1. The molecular weight excluding hydrogens is 579 g/mol. The van der Waals surface area contributed by atoms with E-state index in [2.05, 4.69) is 15.3 Å². The normalized spacial score (nSPS) is 11.7. The van der Waals surface area contributed by atoms with Crippen LogP contribution < -0.4 is 19.2 Å². The Balaban J connectivity index is 1.87. The zero-order valence-corrected chi connectivity index (χ0v) is 22.4. The van der Waals surface area contributed by atoms with Gasteiger partial charge in [0.2, 0.25) is 0 Å². The van der Waals surface area contributed by atoms with E-state index in [1.54, 1.807) is 6.07 Å². The third kappa shape index (κ3) is 7.42. The predicted octanol–water partition coefficient (Wildman–Crippen LogP) is 4.86. The molecule has 0 radical (unpaired) electrons. The summed E-state index contributed by atoms with van der Waals surface area (Å²) in [6, 6.07) is 13.6. The summed E-state index contributed by atoms with van der Waals surface area (Å²) in [5.74, 6) is -0.764. The lowest BCUT2D eigenvalue weighted by molar-refractivity contribution is -0.137. The van der Waals surface area contributed by atoms with Crippen molar-refractivity contribution in [1.82, 2.24) is 5.43 Å². The summed E-state index contributed by atoms with van der Waals surface area (Å²) in [7, 11) is -2.03. The summed E-state index contributed by atoms with van der Waals surface area (Å²) in [6.45, 7) is -0.914. The molecule has 1 amide bonds. The molecule has 0 aliphatic rings. The summed E-state index contributed by atoms with van der Waals surface area (Å²) < 4.78 is 82.1. The maximum Gasteiger partial charge on any atom is 0.513 e. The first-order valence-corrected chi connectivity index (χ1v) is 12.9. The maximum atomic E-state index is 13.5. The number of sulfonamides is 1. The Labute approximate surface area is 231 Å². The number of benzene rings is 3. The molecule has 40 heavy (non-hydrogen) atoms. The first-order valence-electron chi connectivity index (χ1n) is 11.1. The number of nitrogens with zero attached hydrogens (tertiary/aromatic N) is 2. The zero-order chi connectivity index (χ0) is 29.5. The predicted molar refractivity (Wildman–Crippen MR) is 139 cm³/mol. The van der Waals surface area contributed by atoms with Crippen LogP contribution in [-0.4, -0.2) is 47.5 Å². The van der Waals surface area contributed by atoms with Crippen molar-refractivity contribution in [3.8, 4) is 11.5 Å². The van der Waals surface area contributed by atoms with Gasteiger partial charge in [-0.15, -0.1) is 0 Å². The topological polar surface area (TPSA) is 124 Å². The molecule has 0 aromatic heterocycles. The van der Waals surface area contributed by atoms with E-state index in [1.807, 2.05) is 0 Å². The van der Waals surface area contributed by atoms with Crippen LogP contribution in [0.1, 0.15) is 11.1 Å². The first-order chi connectivity index (χ1) is 18.9. The molecule has 0 fully saturated rings. The number of nitrogens with one attached hydrogen (secondary N) is 1. The molecule has 0 aliphatic carbocycles. The number of alkyl halides is 3. The molecule has 0 unspecified atom stereocenters. The van der Waals surface area contributed by atoms with Crippen molar-refractivity contribution in [2.45, 2.75) is 11.1 Å². The number of hydrogen-bond donors (Lipinski definition) is 1. The van der Waals surface area contributed by atoms with E-state index < -0.39 is 51.1 Å². The minimum Gasteiger partial charge on any atom is -0.493 e. The molecule has 0 atom stereocenters. The lowest BCUT2D eigenvalue weighted by Crippen LogP contribution is -2.39. The number of methoxy groups -OCH3 is 2. The van der Waals surface area contributed by atoms with Gasteiger partial charge in [0.1, 0.15) is 6.54 Å². The third-order valence-corrected chi connectivity index (χ3v) is 7.23. The quantitative estimate of drug-likeness (QED) is 0.161. The van der Waals surface area contributed by atoms with Crippen LogP contribution in [0.25, 0.3) is 0 Å². The largest absolute Gasteiger partial charge is 0.513 e. The van der Waals surface area contributed by atoms with Crippen molar-refractivity contribution in [3.05, 3.63) is 82.9 Å². The number of halogens is 4. The molecule has 0 aliphatic heterocycles. The van der Waals surface area contributed by atoms with Crippen LogP contribution >= 0.6 is 11.6 Å². The second kappa shape index (κ2) is 12.7. The fraction of sp³-hybridized carbons (Fsp3) is 0.160. The molecule has 0 bridgehead atoms. The maximum absolute atomic E-state index is 13.5. The minimum atomic E-state index is -4.87. The van der Waals surface area contributed by atoms with Crippen LogP contribution in [0, 0.1) is 0 Å². The highest BCUT2D eigenvalue weighted by atomic mass is 35.5. The molecule has 10 nitrogen and oxygen atoms in total. The summed E-state index contributed by atoms with van der Waals surface area (Å²) in [6.07, 6.45) is -4.66. The number of carbonyl (C=O) groups is 2. The molecule has 3 rings (SSSR count). The van der Waals surface area contributed by atoms with Crippen molar-refractivity contribution in [2.75, 3.05) is 25.1 Å². The lowest BCUT2D eigenvalue weighted by atomic mass is 10.2. The Hall–Kier alpha value is -4.30. The van der Waals surface area contributed by atoms with Crippen LogP contribution in [0.5, 0.6) is 11.5 Å². The molecule has 0 heterocycles. The fourth-order valence-electron chi connectivity index (χ4n) is 3.25. The van der Waals surface area contributed by atoms with Gasteiger partial charge >= 0.3 is 12.3 Å². The van der Waals surface area contributed by atoms with Gasteiger partial charge in [-0.1, -0.05) is 29.8 Å². The van der Waals surface area contributed by atoms with Crippen LogP contribution in [0.3, 0.4) is 0 Å². The van der Waals surface area contributed by atoms with Gasteiger partial charge in [-0.2, -0.15) is 18.3 Å². The molecule has 3 aromatic rings. The van der Waals surface area contributed by atoms with Crippen LogP contribution in [0.2, 0.25) is 5.02 Å². The van der Waals surface area contributed by atoms with Gasteiger partial charge in [0.25, 0.3) is 15.9 Å². The first kappa shape index (κ1) is 30.2. The minimum absolute atomic E-state index is 0.0542. The van der Waals surface area contributed by atoms with Gasteiger partial charge < -0.3 is 14.2 Å². The number of ether oxygens (including phenoxy) is 3. The SMILES string of the molecule is COC(=O)Oc1ccc(/C=N\NC(=O)CN(c2ccc(Cl)c(C(F)(F)F)c2)S(=O)(=O)c2ccccc2)cc1OC. The average molecular weight is 600 g/mol. The highest BCUT2D eigenvalue weighted by Gasteiger charge is 2.35. The molecule has 0 saturated heterocycles. The number of rotatable bonds is 9. The summed E-state index contributed by atoms with van der Waals surface area (Å²) in [5, 5.41) is 3.12. The van der Waals surface area contributed by atoms with Gasteiger partial charge in [-0.05, 0) is 54.1 Å². The molecule has 212 valence electrons. The molecular formula is C25H21ClF3N3O7S. The van der Waals surface area contributed by atoms with Crippen molar-refractivity contribution >= 4 is 45.6 Å². The Morgan fingerprint density at radius 3 is 2.35 bits per heavy atom. The van der Waals surface area contributed by atoms with Gasteiger partial charge in [-0.3, -0.25) is 9.10 Å². The van der Waals surface area contributed by atoms with Gasteiger partial charge in [-0.25, -0.2) is 18.6 Å². The Morgan fingerprint density at radius 1 is 1.02 bits per heavy atom. The van der Waals surface area contributed by atoms with Crippen molar-refractivity contribution in [1.29, 1.82) is 0 Å². The molecule has 0 saturated carbocycles.